The van der Waals surface area contributed by atoms with Crippen molar-refractivity contribution in [2.45, 2.75) is 13.8 Å². The molecule has 1 rings (SSSR count). The lowest BCUT2D eigenvalue weighted by Gasteiger charge is -2.10. The van der Waals surface area contributed by atoms with Crippen LogP contribution in [0, 0.1) is 0 Å². The van der Waals surface area contributed by atoms with Crippen molar-refractivity contribution in [2.75, 3.05) is 12.9 Å². The van der Waals surface area contributed by atoms with E-state index in [9.17, 15) is 0 Å². The minimum atomic E-state index is 1.02. The number of hydrogen-bond acceptors (Lipinski definition) is 2. The summed E-state index contributed by atoms with van der Waals surface area (Å²) in [6.45, 7) is 11.5. The Kier molecular flexibility index (Phi) is 5.64. The van der Waals surface area contributed by atoms with E-state index in [0.29, 0.717) is 0 Å². The van der Waals surface area contributed by atoms with E-state index in [4.69, 9.17) is 0 Å². The minimum Gasteiger partial charge on any atom is -0.364 e. The van der Waals surface area contributed by atoms with Gasteiger partial charge in [-0.15, -0.1) is 11.8 Å². The van der Waals surface area contributed by atoms with Crippen LogP contribution in [0.4, 0.5) is 0 Å². The zero-order chi connectivity index (χ0) is 9.56. The molecule has 12 heavy (non-hydrogen) atoms. The molecule has 0 saturated carbocycles. The third-order valence-corrected chi connectivity index (χ3v) is 2.66. The molecule has 0 atom stereocenters. The zero-order valence-electron chi connectivity index (χ0n) is 8.13. The first-order valence-corrected chi connectivity index (χ1v) is 5.11. The summed E-state index contributed by atoms with van der Waals surface area (Å²) in [4.78, 5) is 3.40. The van der Waals surface area contributed by atoms with Crippen LogP contribution in [-0.4, -0.2) is 17.8 Å². The number of allylic oxidation sites excluding steroid dienone is 2. The SMILES string of the molecule is C=CC1=C(C=C)N(C)CS1.CC. The average Bonchev–Trinajstić information content (AvgIpc) is 2.49. The third-order valence-electron chi connectivity index (χ3n) is 1.46. The second-order valence-corrected chi connectivity index (χ2v) is 3.12. The second kappa shape index (κ2) is 5.95. The normalized spacial score (nSPS) is 15.4. The molecule has 0 radical (unpaired) electrons. The van der Waals surface area contributed by atoms with Gasteiger partial charge >= 0.3 is 0 Å². The summed E-state index contributed by atoms with van der Waals surface area (Å²) >= 11 is 1.80. The van der Waals surface area contributed by atoms with Crippen LogP contribution in [0.25, 0.3) is 0 Å². The van der Waals surface area contributed by atoms with Gasteiger partial charge in [0, 0.05) is 12.0 Å². The topological polar surface area (TPSA) is 3.24 Å². The summed E-state index contributed by atoms with van der Waals surface area (Å²) in [6.07, 6.45) is 3.75. The molecule has 0 aromatic rings. The van der Waals surface area contributed by atoms with Crippen molar-refractivity contribution in [3.8, 4) is 0 Å². The molecule has 1 aliphatic rings. The summed E-state index contributed by atoms with van der Waals surface area (Å²) in [5.74, 6) is 1.02. The smallest absolute Gasteiger partial charge is 0.0683 e. The van der Waals surface area contributed by atoms with Gasteiger partial charge in [-0.25, -0.2) is 0 Å². The van der Waals surface area contributed by atoms with Gasteiger partial charge < -0.3 is 4.90 Å². The van der Waals surface area contributed by atoms with E-state index in [1.165, 1.54) is 10.6 Å². The van der Waals surface area contributed by atoms with E-state index in [2.05, 4.69) is 25.1 Å². The highest BCUT2D eigenvalue weighted by Crippen LogP contribution is 2.31. The van der Waals surface area contributed by atoms with Crippen molar-refractivity contribution < 1.29 is 0 Å². The Hall–Kier alpha value is -0.630. The van der Waals surface area contributed by atoms with Crippen molar-refractivity contribution in [1.29, 1.82) is 0 Å². The fourth-order valence-electron chi connectivity index (χ4n) is 0.918. The summed E-state index contributed by atoms with van der Waals surface area (Å²) in [5, 5.41) is 0. The van der Waals surface area contributed by atoms with Crippen molar-refractivity contribution in [2.24, 2.45) is 0 Å². The summed E-state index contributed by atoms with van der Waals surface area (Å²) in [7, 11) is 2.06. The van der Waals surface area contributed by atoms with Gasteiger partial charge in [-0.1, -0.05) is 33.1 Å². The maximum Gasteiger partial charge on any atom is 0.0683 e. The molecular formula is C10H17NS. The van der Waals surface area contributed by atoms with Crippen LogP contribution in [0.1, 0.15) is 13.8 Å². The van der Waals surface area contributed by atoms with E-state index in [1.807, 2.05) is 26.0 Å². The van der Waals surface area contributed by atoms with Crippen LogP contribution in [0.15, 0.2) is 35.9 Å². The van der Waals surface area contributed by atoms with Gasteiger partial charge in [-0.2, -0.15) is 0 Å². The number of nitrogens with zero attached hydrogens (tertiary/aromatic N) is 1. The molecule has 0 spiro atoms. The predicted molar refractivity (Wildman–Crippen MR) is 59.0 cm³/mol. The minimum absolute atomic E-state index is 1.02. The van der Waals surface area contributed by atoms with Crippen LogP contribution in [0.3, 0.4) is 0 Å². The van der Waals surface area contributed by atoms with Crippen molar-refractivity contribution in [3.05, 3.63) is 35.9 Å². The van der Waals surface area contributed by atoms with Crippen LogP contribution < -0.4 is 0 Å². The molecule has 0 fully saturated rings. The van der Waals surface area contributed by atoms with Gasteiger partial charge in [0.1, 0.15) is 0 Å². The summed E-state index contributed by atoms with van der Waals surface area (Å²) in [6, 6.07) is 0. The fraction of sp³-hybridized carbons (Fsp3) is 0.400. The molecule has 1 heterocycles. The van der Waals surface area contributed by atoms with Gasteiger partial charge in [0.2, 0.25) is 0 Å². The van der Waals surface area contributed by atoms with Gasteiger partial charge in [0.25, 0.3) is 0 Å². The number of thioether (sulfide) groups is 1. The molecular weight excluding hydrogens is 166 g/mol. The fourth-order valence-corrected chi connectivity index (χ4v) is 1.89. The molecule has 68 valence electrons. The molecule has 1 nitrogen and oxygen atoms in total. The molecule has 0 bridgehead atoms. The van der Waals surface area contributed by atoms with Crippen molar-refractivity contribution in [3.63, 3.8) is 0 Å². The lowest BCUT2D eigenvalue weighted by atomic mass is 10.3. The van der Waals surface area contributed by atoms with Crippen LogP contribution in [0.5, 0.6) is 0 Å². The van der Waals surface area contributed by atoms with Gasteiger partial charge in [-0.05, 0) is 6.08 Å². The Morgan fingerprint density at radius 3 is 2.25 bits per heavy atom. The molecule has 0 aromatic carbocycles. The molecule has 0 aliphatic carbocycles. The number of likely N-dealkylation sites (N-methyl/N-ethyl adjacent to an activating group) is 1. The largest absolute Gasteiger partial charge is 0.364 e. The average molecular weight is 183 g/mol. The quantitative estimate of drug-likeness (QED) is 0.646. The molecule has 2 heteroatoms. The van der Waals surface area contributed by atoms with E-state index >= 15 is 0 Å². The summed E-state index contributed by atoms with van der Waals surface area (Å²) < 4.78 is 0. The Morgan fingerprint density at radius 2 is 1.92 bits per heavy atom. The lowest BCUT2D eigenvalue weighted by molar-refractivity contribution is 0.519. The van der Waals surface area contributed by atoms with Gasteiger partial charge in [-0.3, -0.25) is 0 Å². The highest BCUT2D eigenvalue weighted by Gasteiger charge is 2.13. The maximum absolute atomic E-state index is 3.73. The highest BCUT2D eigenvalue weighted by molar-refractivity contribution is 8.03. The maximum atomic E-state index is 3.73. The molecule has 0 unspecified atom stereocenters. The molecule has 0 aromatic heterocycles. The van der Waals surface area contributed by atoms with E-state index < -0.39 is 0 Å². The zero-order valence-corrected chi connectivity index (χ0v) is 8.95. The molecule has 0 amide bonds. The Morgan fingerprint density at radius 1 is 1.33 bits per heavy atom. The molecule has 0 saturated heterocycles. The van der Waals surface area contributed by atoms with Gasteiger partial charge in [0.05, 0.1) is 11.6 Å². The van der Waals surface area contributed by atoms with Crippen molar-refractivity contribution >= 4 is 11.8 Å². The first-order valence-electron chi connectivity index (χ1n) is 4.12. The predicted octanol–water partition coefficient (Wildman–Crippen LogP) is 3.23. The Labute approximate surface area is 79.8 Å². The van der Waals surface area contributed by atoms with Crippen molar-refractivity contribution in [1.82, 2.24) is 4.90 Å². The molecule has 0 N–H and O–H groups in total. The van der Waals surface area contributed by atoms with E-state index in [1.54, 1.807) is 11.8 Å². The monoisotopic (exact) mass is 183 g/mol. The molecule has 1 aliphatic heterocycles. The Bertz CT molecular complexity index is 194. The van der Waals surface area contributed by atoms with Gasteiger partial charge in [0.15, 0.2) is 0 Å². The highest BCUT2D eigenvalue weighted by atomic mass is 32.2. The second-order valence-electron chi connectivity index (χ2n) is 2.13. The first kappa shape index (κ1) is 11.4. The Balaban J connectivity index is 0.000000561. The van der Waals surface area contributed by atoms with Crippen LogP contribution in [-0.2, 0) is 0 Å². The number of hydrogen-bond donors (Lipinski definition) is 0. The number of rotatable bonds is 2. The summed E-state index contributed by atoms with van der Waals surface area (Å²) in [5.41, 5.74) is 1.19. The lowest BCUT2D eigenvalue weighted by Crippen LogP contribution is -2.10. The van der Waals surface area contributed by atoms with E-state index in [0.717, 1.165) is 5.88 Å². The standard InChI is InChI=1S/C8H11NS.C2H6/c1-4-7-8(5-2)10-6-9(7)3;1-2/h4-5H,1-2,6H2,3H3;1-2H3. The van der Waals surface area contributed by atoms with Crippen LogP contribution in [0.2, 0.25) is 0 Å². The van der Waals surface area contributed by atoms with E-state index in [-0.39, 0.29) is 0 Å². The first-order chi connectivity index (χ1) is 5.79. The van der Waals surface area contributed by atoms with Crippen LogP contribution >= 0.6 is 11.8 Å². The third kappa shape index (κ3) is 2.45.